The van der Waals surface area contributed by atoms with Crippen molar-refractivity contribution in [1.29, 1.82) is 0 Å². The average molecular weight is 653 g/mol. The molecule has 4 nitrogen and oxygen atoms in total. The third-order valence-electron chi connectivity index (χ3n) is 7.47. The van der Waals surface area contributed by atoms with Crippen LogP contribution in [0.3, 0.4) is 0 Å². The van der Waals surface area contributed by atoms with E-state index in [9.17, 15) is 20.1 Å². The summed E-state index contributed by atoms with van der Waals surface area (Å²) in [7, 11) is 0. The second kappa shape index (κ2) is 17.6. The Morgan fingerprint density at radius 1 is 0.892 bits per heavy atom. The predicted molar refractivity (Wildman–Crippen MR) is 149 cm³/mol. The number of phenolic OH excluding ortho intramolecular Hbond substituents is 2. The third kappa shape index (κ3) is 10.6. The van der Waals surface area contributed by atoms with E-state index in [4.69, 9.17) is 0 Å². The average Bonchev–Trinajstić information content (AvgIpc) is 2.87. The summed E-state index contributed by atoms with van der Waals surface area (Å²) in [5, 5.41) is 29.2. The van der Waals surface area contributed by atoms with Crippen molar-refractivity contribution in [3.05, 3.63) is 59.5 Å². The summed E-state index contributed by atoms with van der Waals surface area (Å²) in [4.78, 5) is 12.7. The number of hydrogen-bond donors (Lipinski definition) is 3. The molecule has 0 aliphatic carbocycles. The molecule has 2 aromatic rings. The molecule has 1 unspecified atom stereocenters. The summed E-state index contributed by atoms with van der Waals surface area (Å²) in [6, 6.07) is 13.3. The smallest absolute Gasteiger partial charge is 0.306 e. The summed E-state index contributed by atoms with van der Waals surface area (Å²) in [5.41, 5.74) is 2.48. The summed E-state index contributed by atoms with van der Waals surface area (Å²) in [5.74, 6) is 2.45. The van der Waals surface area contributed by atoms with Crippen LogP contribution in [0.2, 0.25) is 0 Å². The Balaban J connectivity index is 0.00000481. The van der Waals surface area contributed by atoms with Gasteiger partial charge in [-0.25, -0.2) is 0 Å². The van der Waals surface area contributed by atoms with Gasteiger partial charge in [0.15, 0.2) is 0 Å². The van der Waals surface area contributed by atoms with E-state index < -0.39 is 5.97 Å². The summed E-state index contributed by atoms with van der Waals surface area (Å²) in [6.07, 6.45) is 14.1. The van der Waals surface area contributed by atoms with Gasteiger partial charge in [-0.2, -0.15) is 23.6 Å². The number of benzene rings is 2. The number of thioether (sulfide) groups is 1. The third-order valence-corrected chi connectivity index (χ3v) is 8.59. The Hall–Kier alpha value is -0.906. The molecule has 0 fully saturated rings. The minimum atomic E-state index is -0.619. The zero-order valence-corrected chi connectivity index (χ0v) is 26.9. The van der Waals surface area contributed by atoms with Gasteiger partial charge in [0.1, 0.15) is 5.75 Å². The second-order valence-corrected chi connectivity index (χ2v) is 11.2. The van der Waals surface area contributed by atoms with Crippen molar-refractivity contribution in [2.45, 2.75) is 101 Å². The zero-order chi connectivity index (χ0) is 25.8. The topological polar surface area (TPSA) is 77.8 Å². The van der Waals surface area contributed by atoms with E-state index >= 15 is 0 Å². The standard InChI is InChI=1S/C31H43O4S.Pr/c1-2-3-4-9-12-24(31(34)35)13-10-7-5-6-8-11-14-27-28-20-19-26(33)21-30(28)36-22-29(27)23-15-17-25(32)18-16-23;/h15-21,24,27,32-33H,2-14,22H2,1H3,(H,34,35);/q-1;/t24?,27-;/m1./s1. The number of carbonyl (C=O) groups is 1. The van der Waals surface area contributed by atoms with Gasteiger partial charge in [0.2, 0.25) is 0 Å². The molecule has 3 rings (SSSR count). The number of unbranched alkanes of at least 4 members (excludes halogenated alkanes) is 8. The first-order chi connectivity index (χ1) is 17.5. The van der Waals surface area contributed by atoms with Crippen LogP contribution >= 0.6 is 11.8 Å². The molecule has 6 heteroatoms. The predicted octanol–water partition coefficient (Wildman–Crippen LogP) is 8.70. The summed E-state index contributed by atoms with van der Waals surface area (Å²) in [6.45, 7) is 2.18. The molecule has 0 bridgehead atoms. The molecular weight excluding hydrogens is 609 g/mol. The number of aliphatic carboxylic acids is 1. The Morgan fingerprint density at radius 3 is 2.14 bits per heavy atom. The van der Waals surface area contributed by atoms with Gasteiger partial charge in [-0.3, -0.25) is 4.79 Å². The first-order valence-corrected chi connectivity index (χ1v) is 14.8. The Labute approximate surface area is 261 Å². The Bertz CT molecular complexity index is 933. The molecule has 0 saturated carbocycles. The van der Waals surface area contributed by atoms with Gasteiger partial charge in [0, 0.05) is 46.2 Å². The number of rotatable bonds is 16. The monoisotopic (exact) mass is 652 g/mol. The quantitative estimate of drug-likeness (QED) is 0.125. The van der Waals surface area contributed by atoms with E-state index in [1.54, 1.807) is 30.0 Å². The molecule has 201 valence electrons. The number of aromatic hydroxyl groups is 2. The molecule has 3 N–H and O–H groups in total. The summed E-state index contributed by atoms with van der Waals surface area (Å²) < 4.78 is 0. The van der Waals surface area contributed by atoms with Crippen LogP contribution in [-0.2, 0) is 4.79 Å². The van der Waals surface area contributed by atoms with Crippen molar-refractivity contribution in [3.8, 4) is 11.5 Å². The van der Waals surface area contributed by atoms with Gasteiger partial charge >= 0.3 is 5.97 Å². The number of carboxylic acid groups (broad SMARTS) is 1. The molecule has 2 atom stereocenters. The van der Waals surface area contributed by atoms with Crippen LogP contribution in [0.25, 0.3) is 0 Å². The maximum Gasteiger partial charge on any atom is 0.306 e. The van der Waals surface area contributed by atoms with Gasteiger partial charge in [0.25, 0.3) is 0 Å². The number of hydrogen-bond acceptors (Lipinski definition) is 4. The molecule has 1 heterocycles. The minimum absolute atomic E-state index is 0. The molecule has 1 aliphatic heterocycles. The van der Waals surface area contributed by atoms with Crippen molar-refractivity contribution in [1.82, 2.24) is 0 Å². The van der Waals surface area contributed by atoms with Crippen LogP contribution in [0.5, 0.6) is 11.5 Å². The van der Waals surface area contributed by atoms with Crippen molar-refractivity contribution >= 4 is 17.7 Å². The molecule has 1 aliphatic rings. The van der Waals surface area contributed by atoms with Crippen LogP contribution in [0, 0.1) is 53.1 Å². The largest absolute Gasteiger partial charge is 0.510 e. The van der Waals surface area contributed by atoms with Gasteiger partial charge in [-0.1, -0.05) is 95.8 Å². The Morgan fingerprint density at radius 2 is 1.49 bits per heavy atom. The first-order valence-electron chi connectivity index (χ1n) is 13.8. The fraction of sp³-hybridized carbons (Fsp3) is 0.548. The molecule has 0 spiro atoms. The van der Waals surface area contributed by atoms with Crippen LogP contribution < -0.4 is 0 Å². The van der Waals surface area contributed by atoms with E-state index in [2.05, 4.69) is 13.0 Å². The van der Waals surface area contributed by atoms with E-state index in [1.807, 2.05) is 18.2 Å². The fourth-order valence-corrected chi connectivity index (χ4v) is 6.58. The number of carboxylic acids is 1. The van der Waals surface area contributed by atoms with E-state index in [-0.39, 0.29) is 53.0 Å². The van der Waals surface area contributed by atoms with Crippen molar-refractivity contribution in [2.24, 2.45) is 5.92 Å². The summed E-state index contributed by atoms with van der Waals surface area (Å²) >= 11 is 1.78. The van der Waals surface area contributed by atoms with Crippen LogP contribution in [-0.4, -0.2) is 27.0 Å². The normalized spacial score (nSPS) is 15.6. The van der Waals surface area contributed by atoms with Crippen LogP contribution in [0.4, 0.5) is 0 Å². The maximum absolute atomic E-state index is 11.5. The SMILES string of the molecule is CCCCCCC(CCCCCCCC[C@@H]1c2ccc(O)cc2SC[C-]1c1ccc(O)cc1)C(=O)O.[Pr]. The van der Waals surface area contributed by atoms with Crippen molar-refractivity contribution in [2.75, 3.05) is 5.75 Å². The van der Waals surface area contributed by atoms with Gasteiger partial charge in [-0.15, -0.1) is 11.8 Å². The molecule has 0 aromatic heterocycles. The molecule has 2 aromatic carbocycles. The van der Waals surface area contributed by atoms with E-state index in [0.29, 0.717) is 11.7 Å². The fourth-order valence-electron chi connectivity index (χ4n) is 5.32. The number of phenols is 2. The molecule has 1 radical (unpaired) electrons. The molecule has 0 amide bonds. The van der Waals surface area contributed by atoms with Crippen molar-refractivity contribution < 1.29 is 61.4 Å². The van der Waals surface area contributed by atoms with Crippen LogP contribution in [0.15, 0.2) is 47.4 Å². The van der Waals surface area contributed by atoms with E-state index in [0.717, 1.165) is 57.1 Å². The molecule has 37 heavy (non-hydrogen) atoms. The maximum atomic E-state index is 11.5. The second-order valence-electron chi connectivity index (χ2n) is 10.2. The van der Waals surface area contributed by atoms with Gasteiger partial charge in [-0.05, 0) is 42.2 Å². The minimum Gasteiger partial charge on any atom is -0.510 e. The molecular formula is C31H43O4PrS-. The molecule has 0 saturated heterocycles. The zero-order valence-electron chi connectivity index (χ0n) is 22.3. The number of fused-ring (bicyclic) bond motifs is 1. The van der Waals surface area contributed by atoms with Crippen molar-refractivity contribution in [3.63, 3.8) is 0 Å². The Kier molecular flexibility index (Phi) is 15.4. The van der Waals surface area contributed by atoms with Gasteiger partial charge < -0.3 is 15.3 Å². The van der Waals surface area contributed by atoms with E-state index in [1.165, 1.54) is 54.0 Å². The van der Waals surface area contributed by atoms with Crippen LogP contribution in [0.1, 0.15) is 107 Å². The van der Waals surface area contributed by atoms with Gasteiger partial charge in [0.05, 0.1) is 11.7 Å². The first kappa shape index (κ1) is 32.3.